The maximum atomic E-state index is 3.54. The van der Waals surface area contributed by atoms with Crippen molar-refractivity contribution >= 4 is 11.8 Å². The van der Waals surface area contributed by atoms with Gasteiger partial charge in [0, 0.05) is 17.5 Å². The van der Waals surface area contributed by atoms with Crippen LogP contribution in [0.25, 0.3) is 0 Å². The molecule has 2 rings (SSSR count). The first-order chi connectivity index (χ1) is 8.90. The molecular formula is C16H25NS. The smallest absolute Gasteiger partial charge is 0.0185 e. The minimum Gasteiger partial charge on any atom is -0.316 e. The number of thioether (sulfide) groups is 1. The first kappa shape index (κ1) is 14.0. The van der Waals surface area contributed by atoms with E-state index in [0.29, 0.717) is 6.04 Å². The molecule has 100 valence electrons. The average molecular weight is 263 g/mol. The van der Waals surface area contributed by atoms with Crippen LogP contribution < -0.4 is 5.32 Å². The molecule has 0 aromatic heterocycles. The lowest BCUT2D eigenvalue weighted by atomic mass is 9.84. The van der Waals surface area contributed by atoms with Crippen molar-refractivity contribution in [2.24, 2.45) is 5.92 Å². The zero-order valence-electron chi connectivity index (χ0n) is 11.4. The fourth-order valence-corrected chi connectivity index (χ4v) is 4.11. The molecule has 1 N–H and O–H groups in total. The first-order valence-electron chi connectivity index (χ1n) is 7.19. The van der Waals surface area contributed by atoms with Crippen LogP contribution in [-0.2, 0) is 5.75 Å². The van der Waals surface area contributed by atoms with E-state index in [0.717, 1.165) is 11.7 Å². The summed E-state index contributed by atoms with van der Waals surface area (Å²) in [5, 5.41) is 3.54. The van der Waals surface area contributed by atoms with Crippen LogP contribution >= 0.6 is 11.8 Å². The Labute approximate surface area is 116 Å². The molecule has 0 amide bonds. The van der Waals surface area contributed by atoms with E-state index in [1.807, 2.05) is 0 Å². The second-order valence-corrected chi connectivity index (χ2v) is 6.32. The summed E-state index contributed by atoms with van der Waals surface area (Å²) in [6.45, 7) is 0. The van der Waals surface area contributed by atoms with Gasteiger partial charge in [-0.15, -0.1) is 0 Å². The van der Waals surface area contributed by atoms with Gasteiger partial charge in [-0.25, -0.2) is 0 Å². The van der Waals surface area contributed by atoms with E-state index in [-0.39, 0.29) is 0 Å². The van der Waals surface area contributed by atoms with Crippen molar-refractivity contribution in [3.05, 3.63) is 35.9 Å². The number of benzene rings is 1. The SMILES string of the molecule is CNC(CSCc1ccccc1)C1CCCCC1. The van der Waals surface area contributed by atoms with Gasteiger partial charge >= 0.3 is 0 Å². The van der Waals surface area contributed by atoms with Crippen LogP contribution in [-0.4, -0.2) is 18.8 Å². The molecule has 1 atom stereocenters. The van der Waals surface area contributed by atoms with E-state index in [9.17, 15) is 0 Å². The molecule has 0 saturated heterocycles. The molecule has 0 bridgehead atoms. The zero-order chi connectivity index (χ0) is 12.6. The highest BCUT2D eigenvalue weighted by atomic mass is 32.2. The summed E-state index contributed by atoms with van der Waals surface area (Å²) in [5.74, 6) is 3.30. The van der Waals surface area contributed by atoms with Crippen molar-refractivity contribution in [2.75, 3.05) is 12.8 Å². The molecule has 1 aliphatic rings. The third kappa shape index (κ3) is 4.33. The first-order valence-corrected chi connectivity index (χ1v) is 8.34. The molecule has 1 aromatic rings. The standard InChI is InChI=1S/C16H25NS/c1-17-16(15-10-6-3-7-11-15)13-18-12-14-8-4-2-5-9-14/h2,4-5,8-9,15-17H,3,6-7,10-13H2,1H3. The van der Waals surface area contributed by atoms with Crippen molar-refractivity contribution in [1.82, 2.24) is 5.32 Å². The van der Waals surface area contributed by atoms with Gasteiger partial charge in [-0.3, -0.25) is 0 Å². The molecule has 0 radical (unpaired) electrons. The lowest BCUT2D eigenvalue weighted by Crippen LogP contribution is -2.36. The van der Waals surface area contributed by atoms with Crippen molar-refractivity contribution in [1.29, 1.82) is 0 Å². The van der Waals surface area contributed by atoms with Crippen molar-refractivity contribution in [3.63, 3.8) is 0 Å². The second kappa shape index (κ2) is 7.85. The Kier molecular flexibility index (Phi) is 6.09. The molecule has 2 heteroatoms. The Morgan fingerprint density at radius 1 is 1.17 bits per heavy atom. The molecule has 1 unspecified atom stereocenters. The largest absolute Gasteiger partial charge is 0.316 e. The number of nitrogens with one attached hydrogen (secondary N) is 1. The predicted molar refractivity (Wildman–Crippen MR) is 82.0 cm³/mol. The van der Waals surface area contributed by atoms with Gasteiger partial charge in [-0.1, -0.05) is 49.6 Å². The van der Waals surface area contributed by atoms with Crippen LogP contribution in [0.4, 0.5) is 0 Å². The lowest BCUT2D eigenvalue weighted by Gasteiger charge is -2.29. The van der Waals surface area contributed by atoms with Gasteiger partial charge in [0.25, 0.3) is 0 Å². The Hall–Kier alpha value is -0.470. The van der Waals surface area contributed by atoms with Gasteiger partial charge in [-0.05, 0) is 31.4 Å². The van der Waals surface area contributed by atoms with Crippen LogP contribution in [0, 0.1) is 5.92 Å². The topological polar surface area (TPSA) is 12.0 Å². The van der Waals surface area contributed by atoms with Crippen LogP contribution in [0.3, 0.4) is 0 Å². The predicted octanol–water partition coefficient (Wildman–Crippen LogP) is 4.09. The van der Waals surface area contributed by atoms with Crippen LogP contribution in [0.5, 0.6) is 0 Å². The Morgan fingerprint density at radius 3 is 2.56 bits per heavy atom. The molecule has 0 heterocycles. The maximum absolute atomic E-state index is 3.54. The Balaban J connectivity index is 1.73. The summed E-state index contributed by atoms with van der Waals surface area (Å²) in [5.41, 5.74) is 1.45. The molecule has 1 aromatic carbocycles. The van der Waals surface area contributed by atoms with Crippen LogP contribution in [0.15, 0.2) is 30.3 Å². The number of rotatable bonds is 6. The minimum atomic E-state index is 0.707. The van der Waals surface area contributed by atoms with Crippen molar-refractivity contribution in [2.45, 2.75) is 43.9 Å². The zero-order valence-corrected chi connectivity index (χ0v) is 12.2. The molecule has 1 fully saturated rings. The van der Waals surface area contributed by atoms with Crippen LogP contribution in [0.1, 0.15) is 37.7 Å². The molecule has 18 heavy (non-hydrogen) atoms. The highest BCUT2D eigenvalue weighted by Crippen LogP contribution is 2.28. The summed E-state index contributed by atoms with van der Waals surface area (Å²) in [7, 11) is 2.13. The normalized spacial score (nSPS) is 18.7. The fourth-order valence-electron chi connectivity index (χ4n) is 2.87. The summed E-state index contributed by atoms with van der Waals surface area (Å²) in [4.78, 5) is 0. The van der Waals surface area contributed by atoms with E-state index in [1.165, 1.54) is 43.4 Å². The molecule has 1 nitrogen and oxygen atoms in total. The van der Waals surface area contributed by atoms with Gasteiger partial charge < -0.3 is 5.32 Å². The molecule has 0 aliphatic heterocycles. The van der Waals surface area contributed by atoms with Gasteiger partial charge in [0.1, 0.15) is 0 Å². The third-order valence-electron chi connectivity index (χ3n) is 4.00. The Bertz CT molecular complexity index is 319. The third-order valence-corrected chi connectivity index (χ3v) is 5.13. The van der Waals surface area contributed by atoms with Gasteiger partial charge in [0.2, 0.25) is 0 Å². The molecular weight excluding hydrogens is 238 g/mol. The van der Waals surface area contributed by atoms with E-state index < -0.39 is 0 Å². The van der Waals surface area contributed by atoms with E-state index in [1.54, 1.807) is 0 Å². The van der Waals surface area contributed by atoms with Gasteiger partial charge in [-0.2, -0.15) is 11.8 Å². The van der Waals surface area contributed by atoms with Gasteiger partial charge in [0.05, 0.1) is 0 Å². The minimum absolute atomic E-state index is 0.707. The Morgan fingerprint density at radius 2 is 1.89 bits per heavy atom. The number of hydrogen-bond acceptors (Lipinski definition) is 2. The molecule has 1 aliphatic carbocycles. The number of hydrogen-bond donors (Lipinski definition) is 1. The fraction of sp³-hybridized carbons (Fsp3) is 0.625. The monoisotopic (exact) mass is 263 g/mol. The summed E-state index contributed by atoms with van der Waals surface area (Å²) >= 11 is 2.07. The molecule has 0 spiro atoms. The average Bonchev–Trinajstić information content (AvgIpc) is 2.46. The highest BCUT2D eigenvalue weighted by molar-refractivity contribution is 7.98. The van der Waals surface area contributed by atoms with E-state index in [4.69, 9.17) is 0 Å². The van der Waals surface area contributed by atoms with Crippen LogP contribution in [0.2, 0.25) is 0 Å². The summed E-state index contributed by atoms with van der Waals surface area (Å²) < 4.78 is 0. The van der Waals surface area contributed by atoms with E-state index in [2.05, 4.69) is 54.5 Å². The van der Waals surface area contributed by atoms with E-state index >= 15 is 0 Å². The van der Waals surface area contributed by atoms with Crippen molar-refractivity contribution < 1.29 is 0 Å². The highest BCUT2D eigenvalue weighted by Gasteiger charge is 2.21. The maximum Gasteiger partial charge on any atom is 0.0185 e. The molecule has 1 saturated carbocycles. The van der Waals surface area contributed by atoms with Crippen molar-refractivity contribution in [3.8, 4) is 0 Å². The lowest BCUT2D eigenvalue weighted by molar-refractivity contribution is 0.294. The summed E-state index contributed by atoms with van der Waals surface area (Å²) in [6, 6.07) is 11.5. The van der Waals surface area contributed by atoms with Gasteiger partial charge in [0.15, 0.2) is 0 Å². The quantitative estimate of drug-likeness (QED) is 0.829. The second-order valence-electron chi connectivity index (χ2n) is 5.29. The summed E-state index contributed by atoms with van der Waals surface area (Å²) in [6.07, 6.45) is 7.18.